The van der Waals surface area contributed by atoms with Crippen molar-refractivity contribution in [2.24, 2.45) is 5.92 Å². The maximum absolute atomic E-state index is 5.87. The number of nitrogens with zero attached hydrogens (tertiary/aromatic N) is 5. The second-order valence-corrected chi connectivity index (χ2v) is 8.19. The SMILES string of the molecule is CC1CCN(c2ncc(CN(Cc3ccccn3)C[C@@H]3CCCO3)cn2)CC1. The molecule has 2 saturated heterocycles. The Hall–Kier alpha value is -2.05. The molecule has 150 valence electrons. The lowest BCUT2D eigenvalue weighted by Crippen LogP contribution is -2.34. The van der Waals surface area contributed by atoms with Crippen LogP contribution in [0, 0.1) is 5.92 Å². The van der Waals surface area contributed by atoms with Crippen LogP contribution in [0.25, 0.3) is 0 Å². The van der Waals surface area contributed by atoms with E-state index < -0.39 is 0 Å². The number of pyridine rings is 1. The minimum Gasteiger partial charge on any atom is -0.377 e. The molecule has 0 spiro atoms. The van der Waals surface area contributed by atoms with Gasteiger partial charge in [-0.25, -0.2) is 9.97 Å². The predicted molar refractivity (Wildman–Crippen MR) is 110 cm³/mol. The Morgan fingerprint density at radius 3 is 2.57 bits per heavy atom. The van der Waals surface area contributed by atoms with Crippen LogP contribution in [-0.2, 0) is 17.8 Å². The average molecular weight is 382 g/mol. The Bertz CT molecular complexity index is 709. The van der Waals surface area contributed by atoms with Gasteiger partial charge in [0, 0.05) is 63.5 Å². The number of hydrogen-bond acceptors (Lipinski definition) is 6. The van der Waals surface area contributed by atoms with Gasteiger partial charge in [0.15, 0.2) is 0 Å². The van der Waals surface area contributed by atoms with Crippen molar-refractivity contribution < 1.29 is 4.74 Å². The van der Waals surface area contributed by atoms with E-state index in [-0.39, 0.29) is 0 Å². The fourth-order valence-corrected chi connectivity index (χ4v) is 4.04. The van der Waals surface area contributed by atoms with Crippen molar-refractivity contribution in [1.82, 2.24) is 19.9 Å². The number of anilines is 1. The van der Waals surface area contributed by atoms with Crippen LogP contribution >= 0.6 is 0 Å². The summed E-state index contributed by atoms with van der Waals surface area (Å²) in [7, 11) is 0. The van der Waals surface area contributed by atoms with E-state index in [0.717, 1.165) is 75.3 Å². The van der Waals surface area contributed by atoms with Crippen LogP contribution in [0.5, 0.6) is 0 Å². The number of rotatable bonds is 7. The molecule has 0 aromatic carbocycles. The number of ether oxygens (including phenoxy) is 1. The normalized spacial score (nSPS) is 20.8. The van der Waals surface area contributed by atoms with E-state index in [4.69, 9.17) is 4.74 Å². The van der Waals surface area contributed by atoms with Crippen LogP contribution < -0.4 is 4.90 Å². The Kier molecular flexibility index (Phi) is 6.49. The first-order chi connectivity index (χ1) is 13.8. The summed E-state index contributed by atoms with van der Waals surface area (Å²) < 4.78 is 5.87. The van der Waals surface area contributed by atoms with Gasteiger partial charge in [0.2, 0.25) is 5.95 Å². The Labute approximate surface area is 168 Å². The van der Waals surface area contributed by atoms with Gasteiger partial charge in [-0.1, -0.05) is 13.0 Å². The molecule has 6 nitrogen and oxygen atoms in total. The minimum atomic E-state index is 0.319. The van der Waals surface area contributed by atoms with Gasteiger partial charge in [0.05, 0.1) is 11.8 Å². The third kappa shape index (κ3) is 5.26. The number of aromatic nitrogens is 3. The van der Waals surface area contributed by atoms with Crippen molar-refractivity contribution in [2.45, 2.75) is 51.8 Å². The maximum Gasteiger partial charge on any atom is 0.225 e. The first-order valence-electron chi connectivity index (χ1n) is 10.6. The van der Waals surface area contributed by atoms with Gasteiger partial charge >= 0.3 is 0 Å². The van der Waals surface area contributed by atoms with E-state index in [1.165, 1.54) is 12.8 Å². The van der Waals surface area contributed by atoms with Gasteiger partial charge in [-0.05, 0) is 43.7 Å². The molecule has 0 N–H and O–H groups in total. The molecule has 0 bridgehead atoms. The molecule has 6 heteroatoms. The van der Waals surface area contributed by atoms with Gasteiger partial charge in [-0.2, -0.15) is 0 Å². The molecule has 2 aliphatic rings. The lowest BCUT2D eigenvalue weighted by Gasteiger charge is -2.30. The standard InChI is InChI=1S/C22H31N5O/c1-18-7-10-27(11-8-18)22-24-13-19(14-25-22)15-26(17-21-6-4-12-28-21)16-20-5-2-3-9-23-20/h2-3,5,9,13-14,18,21H,4,6-8,10-12,15-17H2,1H3/t21-/m0/s1. The molecule has 28 heavy (non-hydrogen) atoms. The van der Waals surface area contributed by atoms with Crippen molar-refractivity contribution in [3.05, 3.63) is 48.0 Å². The van der Waals surface area contributed by atoms with Crippen LogP contribution in [0.15, 0.2) is 36.8 Å². The molecular formula is C22H31N5O. The number of hydrogen-bond donors (Lipinski definition) is 0. The van der Waals surface area contributed by atoms with E-state index in [1.807, 2.05) is 30.7 Å². The van der Waals surface area contributed by atoms with Crippen molar-refractivity contribution in [3.8, 4) is 0 Å². The second-order valence-electron chi connectivity index (χ2n) is 8.19. The van der Waals surface area contributed by atoms with Gasteiger partial charge in [-0.15, -0.1) is 0 Å². The topological polar surface area (TPSA) is 54.4 Å². The summed E-state index contributed by atoms with van der Waals surface area (Å²) in [5.74, 6) is 1.68. The van der Waals surface area contributed by atoms with E-state index in [2.05, 4.69) is 37.7 Å². The summed E-state index contributed by atoms with van der Waals surface area (Å²) in [4.78, 5) is 18.5. The molecule has 0 unspecified atom stereocenters. The molecule has 0 radical (unpaired) electrons. The van der Waals surface area contributed by atoms with E-state index in [1.54, 1.807) is 0 Å². The van der Waals surface area contributed by atoms with Gasteiger partial charge < -0.3 is 9.64 Å². The maximum atomic E-state index is 5.87. The zero-order valence-electron chi connectivity index (χ0n) is 16.8. The van der Waals surface area contributed by atoms with Gasteiger partial charge in [0.1, 0.15) is 0 Å². The Balaban J connectivity index is 1.40. The van der Waals surface area contributed by atoms with E-state index >= 15 is 0 Å². The minimum absolute atomic E-state index is 0.319. The fraction of sp³-hybridized carbons (Fsp3) is 0.591. The van der Waals surface area contributed by atoms with Crippen molar-refractivity contribution in [1.29, 1.82) is 0 Å². The van der Waals surface area contributed by atoms with Crippen molar-refractivity contribution >= 4 is 5.95 Å². The van der Waals surface area contributed by atoms with Crippen LogP contribution in [-0.4, -0.2) is 52.2 Å². The third-order valence-corrected chi connectivity index (χ3v) is 5.76. The fourth-order valence-electron chi connectivity index (χ4n) is 4.04. The molecule has 2 aromatic heterocycles. The third-order valence-electron chi connectivity index (χ3n) is 5.76. The summed E-state index contributed by atoms with van der Waals surface area (Å²) >= 11 is 0. The molecule has 2 aliphatic heterocycles. The molecule has 4 rings (SSSR count). The summed E-state index contributed by atoms with van der Waals surface area (Å²) in [6.07, 6.45) is 10.9. The highest BCUT2D eigenvalue weighted by Crippen LogP contribution is 2.20. The Morgan fingerprint density at radius 2 is 1.89 bits per heavy atom. The smallest absolute Gasteiger partial charge is 0.225 e. The molecule has 0 saturated carbocycles. The largest absolute Gasteiger partial charge is 0.377 e. The molecular weight excluding hydrogens is 350 g/mol. The molecule has 2 fully saturated rings. The van der Waals surface area contributed by atoms with E-state index in [0.29, 0.717) is 6.10 Å². The highest BCUT2D eigenvalue weighted by atomic mass is 16.5. The first-order valence-corrected chi connectivity index (χ1v) is 10.6. The highest BCUT2D eigenvalue weighted by molar-refractivity contribution is 5.30. The molecule has 1 atom stereocenters. The van der Waals surface area contributed by atoms with Crippen LogP contribution in [0.4, 0.5) is 5.95 Å². The predicted octanol–water partition coefficient (Wildman–Crippen LogP) is 3.29. The first kappa shape index (κ1) is 19.3. The molecule has 2 aromatic rings. The molecule has 0 aliphatic carbocycles. The van der Waals surface area contributed by atoms with E-state index in [9.17, 15) is 0 Å². The summed E-state index contributed by atoms with van der Waals surface area (Å²) in [6, 6.07) is 6.09. The van der Waals surface area contributed by atoms with Crippen LogP contribution in [0.3, 0.4) is 0 Å². The zero-order chi connectivity index (χ0) is 19.2. The summed E-state index contributed by atoms with van der Waals surface area (Å²) in [6.45, 7) is 7.87. The van der Waals surface area contributed by atoms with Gasteiger partial charge in [-0.3, -0.25) is 9.88 Å². The average Bonchev–Trinajstić information content (AvgIpc) is 3.23. The molecule has 0 amide bonds. The summed E-state index contributed by atoms with van der Waals surface area (Å²) in [5.41, 5.74) is 2.23. The van der Waals surface area contributed by atoms with Crippen molar-refractivity contribution in [2.75, 3.05) is 31.1 Å². The highest BCUT2D eigenvalue weighted by Gasteiger charge is 2.21. The van der Waals surface area contributed by atoms with Crippen molar-refractivity contribution in [3.63, 3.8) is 0 Å². The monoisotopic (exact) mass is 381 g/mol. The zero-order valence-corrected chi connectivity index (χ0v) is 16.8. The van der Waals surface area contributed by atoms with Crippen LogP contribution in [0.2, 0.25) is 0 Å². The lowest BCUT2D eigenvalue weighted by atomic mass is 10.00. The second kappa shape index (κ2) is 9.43. The quantitative estimate of drug-likeness (QED) is 0.734. The Morgan fingerprint density at radius 1 is 1.07 bits per heavy atom. The van der Waals surface area contributed by atoms with Crippen LogP contribution in [0.1, 0.15) is 43.9 Å². The molecule has 4 heterocycles. The summed E-state index contributed by atoms with van der Waals surface area (Å²) in [5, 5.41) is 0. The lowest BCUT2D eigenvalue weighted by molar-refractivity contribution is 0.0674. The van der Waals surface area contributed by atoms with Gasteiger partial charge in [0.25, 0.3) is 0 Å². The number of piperidine rings is 1.